The lowest BCUT2D eigenvalue weighted by molar-refractivity contribution is 0.0284. The van der Waals surface area contributed by atoms with Crippen LogP contribution in [-0.4, -0.2) is 38.1 Å². The van der Waals surface area contributed by atoms with Gasteiger partial charge in [-0.1, -0.05) is 19.9 Å². The lowest BCUT2D eigenvalue weighted by Crippen LogP contribution is -2.58. The third kappa shape index (κ3) is 3.44. The molecule has 154 valence electrons. The molecular weight excluding hydrogens is 354 g/mol. The molecule has 0 aromatic heterocycles. The van der Waals surface area contributed by atoms with Crippen LogP contribution in [0.1, 0.15) is 44.2 Å². The van der Waals surface area contributed by atoms with Crippen LogP contribution in [0.2, 0.25) is 0 Å². The average Bonchev–Trinajstić information content (AvgIpc) is 3.52. The molecule has 1 N–H and O–H groups in total. The van der Waals surface area contributed by atoms with Crippen molar-refractivity contribution in [2.75, 3.05) is 37.4 Å². The molecule has 3 atom stereocenters. The Balaban J connectivity index is 1.39. The van der Waals surface area contributed by atoms with Crippen LogP contribution in [0.4, 0.5) is 17.1 Å². The number of nitrogens with zero attached hydrogens (tertiary/aromatic N) is 2. The molecule has 2 aromatic carbocycles. The van der Waals surface area contributed by atoms with Gasteiger partial charge in [-0.05, 0) is 97.0 Å². The van der Waals surface area contributed by atoms with Crippen LogP contribution in [0.25, 0.3) is 0 Å². The molecule has 3 nitrogen and oxygen atoms in total. The Labute approximate surface area is 176 Å². The zero-order valence-corrected chi connectivity index (χ0v) is 18.4. The zero-order valence-electron chi connectivity index (χ0n) is 18.4. The number of nitrogens with one attached hydrogen (secondary N) is 1. The SMILES string of the molecule is C[C@H]1C2Cc3ccc(Nc4ccc(N(C)C)cc4)cc3[C@@]1(C)CCN2CC1CC1. The quantitative estimate of drug-likeness (QED) is 0.735. The minimum Gasteiger partial charge on any atom is -0.378 e. The van der Waals surface area contributed by atoms with E-state index in [0.717, 1.165) is 23.6 Å². The van der Waals surface area contributed by atoms with Gasteiger partial charge in [-0.3, -0.25) is 4.90 Å². The summed E-state index contributed by atoms with van der Waals surface area (Å²) in [5.74, 6) is 1.70. The van der Waals surface area contributed by atoms with E-state index in [4.69, 9.17) is 0 Å². The van der Waals surface area contributed by atoms with Crippen LogP contribution in [0.15, 0.2) is 42.5 Å². The summed E-state index contributed by atoms with van der Waals surface area (Å²) in [7, 11) is 4.16. The summed E-state index contributed by atoms with van der Waals surface area (Å²) in [5, 5.41) is 3.64. The fourth-order valence-corrected chi connectivity index (χ4v) is 5.65. The lowest BCUT2D eigenvalue weighted by atomic mass is 9.59. The largest absolute Gasteiger partial charge is 0.378 e. The third-order valence-electron chi connectivity index (χ3n) is 7.99. The average molecular weight is 390 g/mol. The fourth-order valence-electron chi connectivity index (χ4n) is 5.65. The van der Waals surface area contributed by atoms with Crippen molar-refractivity contribution in [3.8, 4) is 0 Å². The Morgan fingerprint density at radius 2 is 1.79 bits per heavy atom. The standard InChI is InChI=1S/C26H35N3/c1-18-25-15-20-7-8-22(27-21-9-11-23(12-10-21)28(3)4)16-24(20)26(18,2)13-14-29(25)17-19-5-6-19/h7-12,16,18-19,25,27H,5-6,13-15,17H2,1-4H3/t18-,25?,26-/m0/s1. The molecule has 2 aromatic rings. The number of likely N-dealkylation sites (tertiary alicyclic amines) is 1. The summed E-state index contributed by atoms with van der Waals surface area (Å²) < 4.78 is 0. The van der Waals surface area contributed by atoms with E-state index < -0.39 is 0 Å². The van der Waals surface area contributed by atoms with E-state index in [0.29, 0.717) is 5.41 Å². The van der Waals surface area contributed by atoms with Crippen molar-refractivity contribution in [3.05, 3.63) is 53.6 Å². The summed E-state index contributed by atoms with van der Waals surface area (Å²) >= 11 is 0. The second-order valence-electron chi connectivity index (χ2n) is 10.1. The van der Waals surface area contributed by atoms with E-state index in [9.17, 15) is 0 Å². The second-order valence-corrected chi connectivity index (χ2v) is 10.1. The maximum Gasteiger partial charge on any atom is 0.0387 e. The Morgan fingerprint density at radius 1 is 1.07 bits per heavy atom. The maximum absolute atomic E-state index is 3.64. The lowest BCUT2D eigenvalue weighted by Gasteiger charge is -2.55. The highest BCUT2D eigenvalue weighted by Gasteiger charge is 2.49. The Hall–Kier alpha value is -2.00. The number of anilines is 3. The van der Waals surface area contributed by atoms with Crippen LogP contribution in [0.3, 0.4) is 0 Å². The summed E-state index contributed by atoms with van der Waals surface area (Å²) in [6.45, 7) is 7.63. The van der Waals surface area contributed by atoms with E-state index in [2.05, 4.69) is 85.5 Å². The molecule has 3 aliphatic rings. The molecular formula is C26H35N3. The van der Waals surface area contributed by atoms with Crippen molar-refractivity contribution >= 4 is 17.1 Å². The monoisotopic (exact) mass is 389 g/mol. The first kappa shape index (κ1) is 19.0. The van der Waals surface area contributed by atoms with E-state index in [1.807, 2.05) is 0 Å². The van der Waals surface area contributed by atoms with Gasteiger partial charge in [0.15, 0.2) is 0 Å². The zero-order chi connectivity index (χ0) is 20.2. The summed E-state index contributed by atoms with van der Waals surface area (Å²) in [6, 6.07) is 16.5. The highest BCUT2D eigenvalue weighted by molar-refractivity contribution is 5.64. The number of rotatable bonds is 5. The number of benzene rings is 2. The third-order valence-corrected chi connectivity index (χ3v) is 7.99. The normalized spacial score (nSPS) is 28.7. The van der Waals surface area contributed by atoms with Gasteiger partial charge in [-0.15, -0.1) is 0 Å². The fraction of sp³-hybridized carbons (Fsp3) is 0.538. The van der Waals surface area contributed by atoms with Crippen molar-refractivity contribution in [1.29, 1.82) is 0 Å². The van der Waals surface area contributed by atoms with Gasteiger partial charge in [0.2, 0.25) is 0 Å². The van der Waals surface area contributed by atoms with Crippen LogP contribution in [0, 0.1) is 11.8 Å². The molecule has 29 heavy (non-hydrogen) atoms. The molecule has 0 amide bonds. The Bertz CT molecular complexity index is 883. The van der Waals surface area contributed by atoms with Gasteiger partial charge in [0.05, 0.1) is 0 Å². The highest BCUT2D eigenvalue weighted by Crippen LogP contribution is 2.50. The van der Waals surface area contributed by atoms with Gasteiger partial charge in [-0.25, -0.2) is 0 Å². The Morgan fingerprint density at radius 3 is 2.48 bits per heavy atom. The topological polar surface area (TPSA) is 18.5 Å². The van der Waals surface area contributed by atoms with Crippen molar-refractivity contribution in [2.24, 2.45) is 11.8 Å². The molecule has 0 spiro atoms. The Kier molecular flexibility index (Phi) is 4.62. The molecule has 1 heterocycles. The maximum atomic E-state index is 3.64. The van der Waals surface area contributed by atoms with E-state index in [1.54, 1.807) is 11.1 Å². The predicted molar refractivity (Wildman–Crippen MR) is 123 cm³/mol. The smallest absolute Gasteiger partial charge is 0.0387 e. The van der Waals surface area contributed by atoms with Crippen molar-refractivity contribution in [2.45, 2.75) is 51.0 Å². The molecule has 1 aliphatic heterocycles. The first-order valence-electron chi connectivity index (χ1n) is 11.4. The second kappa shape index (κ2) is 7.05. The van der Waals surface area contributed by atoms with Crippen molar-refractivity contribution < 1.29 is 0 Å². The van der Waals surface area contributed by atoms with E-state index in [-0.39, 0.29) is 0 Å². The van der Waals surface area contributed by atoms with Crippen LogP contribution < -0.4 is 10.2 Å². The highest BCUT2D eigenvalue weighted by atomic mass is 15.2. The molecule has 1 saturated heterocycles. The summed E-state index contributed by atoms with van der Waals surface area (Å²) in [4.78, 5) is 4.96. The van der Waals surface area contributed by atoms with Crippen LogP contribution >= 0.6 is 0 Å². The van der Waals surface area contributed by atoms with Gasteiger partial charge in [0.25, 0.3) is 0 Å². The summed E-state index contributed by atoms with van der Waals surface area (Å²) in [5.41, 5.74) is 7.05. The van der Waals surface area contributed by atoms with E-state index >= 15 is 0 Å². The van der Waals surface area contributed by atoms with Crippen LogP contribution in [-0.2, 0) is 11.8 Å². The minimum atomic E-state index is 0.296. The molecule has 5 rings (SSSR count). The molecule has 0 radical (unpaired) electrons. The van der Waals surface area contributed by atoms with Gasteiger partial charge in [-0.2, -0.15) is 0 Å². The molecule has 1 saturated carbocycles. The number of hydrogen-bond donors (Lipinski definition) is 1. The van der Waals surface area contributed by atoms with Gasteiger partial charge in [0.1, 0.15) is 0 Å². The number of fused-ring (bicyclic) bond motifs is 4. The molecule has 3 heteroatoms. The molecule has 2 aliphatic carbocycles. The van der Waals surface area contributed by atoms with Crippen LogP contribution in [0.5, 0.6) is 0 Å². The van der Waals surface area contributed by atoms with Gasteiger partial charge < -0.3 is 10.2 Å². The predicted octanol–water partition coefficient (Wildman–Crippen LogP) is 5.43. The van der Waals surface area contributed by atoms with E-state index in [1.165, 1.54) is 50.1 Å². The van der Waals surface area contributed by atoms with Gasteiger partial charge in [0, 0.05) is 43.7 Å². The first-order valence-corrected chi connectivity index (χ1v) is 11.4. The minimum absolute atomic E-state index is 0.296. The number of hydrogen-bond acceptors (Lipinski definition) is 3. The summed E-state index contributed by atoms with van der Waals surface area (Å²) in [6.07, 6.45) is 5.41. The molecule has 2 bridgehead atoms. The van der Waals surface area contributed by atoms with Crippen molar-refractivity contribution in [3.63, 3.8) is 0 Å². The molecule has 1 unspecified atom stereocenters. The van der Waals surface area contributed by atoms with Gasteiger partial charge >= 0.3 is 0 Å². The molecule has 2 fully saturated rings. The van der Waals surface area contributed by atoms with Crippen molar-refractivity contribution in [1.82, 2.24) is 4.90 Å². The number of piperidine rings is 1. The first-order chi connectivity index (χ1) is 13.9.